The zero-order chi connectivity index (χ0) is 13.0. The van der Waals surface area contributed by atoms with Crippen LogP contribution in [0.4, 0.5) is 0 Å². The van der Waals surface area contributed by atoms with Crippen molar-refractivity contribution < 1.29 is 0 Å². The van der Waals surface area contributed by atoms with Crippen molar-refractivity contribution in [3.05, 3.63) is 56.7 Å². The zero-order valence-electron chi connectivity index (χ0n) is 10.7. The minimum absolute atomic E-state index is 0.252. The maximum absolute atomic E-state index is 6.19. The molecule has 0 amide bonds. The largest absolute Gasteiger partial charge is 0.306 e. The first-order valence-corrected chi connectivity index (χ1v) is 7.46. The molecule has 0 saturated carbocycles. The number of nitrogens with one attached hydrogen (secondary N) is 1. The van der Waals surface area contributed by atoms with Crippen LogP contribution in [0, 0.1) is 6.92 Å². The Morgan fingerprint density at radius 2 is 2.00 bits per heavy atom. The van der Waals surface area contributed by atoms with Crippen molar-refractivity contribution in [2.24, 2.45) is 0 Å². The predicted molar refractivity (Wildman–Crippen MR) is 80.6 cm³/mol. The highest BCUT2D eigenvalue weighted by atomic mass is 35.5. The Balaban J connectivity index is 2.30. The van der Waals surface area contributed by atoms with E-state index in [4.69, 9.17) is 11.6 Å². The van der Waals surface area contributed by atoms with Gasteiger partial charge in [-0.3, -0.25) is 0 Å². The molecule has 1 nitrogen and oxygen atoms in total. The molecule has 0 aliphatic rings. The Bertz CT molecular complexity index is 473. The summed E-state index contributed by atoms with van der Waals surface area (Å²) in [5.74, 6) is 0. The molecule has 18 heavy (non-hydrogen) atoms. The molecular weight excluding hydrogens is 262 g/mol. The average Bonchev–Trinajstić information content (AvgIpc) is 2.71. The lowest BCUT2D eigenvalue weighted by Gasteiger charge is -2.17. The van der Waals surface area contributed by atoms with Gasteiger partial charge in [-0.1, -0.05) is 48.9 Å². The lowest BCUT2D eigenvalue weighted by atomic mass is 10.0. The smallest absolute Gasteiger partial charge is 0.0961 e. The maximum Gasteiger partial charge on any atom is 0.0961 e. The van der Waals surface area contributed by atoms with E-state index >= 15 is 0 Å². The highest BCUT2D eigenvalue weighted by Gasteiger charge is 2.16. The zero-order valence-corrected chi connectivity index (χ0v) is 12.3. The number of hydrogen-bond acceptors (Lipinski definition) is 2. The summed E-state index contributed by atoms with van der Waals surface area (Å²) < 4.78 is 0.893. The van der Waals surface area contributed by atoms with Gasteiger partial charge in [0.1, 0.15) is 0 Å². The summed E-state index contributed by atoms with van der Waals surface area (Å²) in [6.07, 6.45) is 1.13. The molecule has 0 bridgehead atoms. The number of aryl methyl sites for hydroxylation is 1. The Labute approximate surface area is 118 Å². The second-order valence-electron chi connectivity index (χ2n) is 4.40. The lowest BCUT2D eigenvalue weighted by Crippen LogP contribution is -2.22. The van der Waals surface area contributed by atoms with Crippen LogP contribution in [-0.4, -0.2) is 6.54 Å². The van der Waals surface area contributed by atoms with Crippen LogP contribution in [0.1, 0.15) is 35.4 Å². The fourth-order valence-electron chi connectivity index (χ4n) is 1.94. The van der Waals surface area contributed by atoms with E-state index in [0.29, 0.717) is 0 Å². The van der Waals surface area contributed by atoms with E-state index in [2.05, 4.69) is 49.5 Å². The molecule has 1 unspecified atom stereocenters. The molecule has 0 aliphatic heterocycles. The lowest BCUT2D eigenvalue weighted by molar-refractivity contribution is 0.606. The van der Waals surface area contributed by atoms with Crippen molar-refractivity contribution in [3.63, 3.8) is 0 Å². The van der Waals surface area contributed by atoms with Gasteiger partial charge in [0.05, 0.1) is 10.4 Å². The number of benzene rings is 1. The first kappa shape index (κ1) is 13.6. The van der Waals surface area contributed by atoms with Crippen molar-refractivity contribution in [2.75, 3.05) is 6.54 Å². The summed E-state index contributed by atoms with van der Waals surface area (Å²) >= 11 is 7.86. The van der Waals surface area contributed by atoms with E-state index < -0.39 is 0 Å². The van der Waals surface area contributed by atoms with Crippen molar-refractivity contribution in [1.29, 1.82) is 0 Å². The summed E-state index contributed by atoms with van der Waals surface area (Å²) in [5.41, 5.74) is 2.46. The molecule has 0 radical (unpaired) electrons. The molecule has 96 valence electrons. The van der Waals surface area contributed by atoms with Crippen molar-refractivity contribution >= 4 is 22.9 Å². The monoisotopic (exact) mass is 279 g/mol. The normalized spacial score (nSPS) is 12.6. The van der Waals surface area contributed by atoms with Crippen LogP contribution in [-0.2, 0) is 0 Å². The van der Waals surface area contributed by atoms with Gasteiger partial charge in [-0.05, 0) is 37.1 Å². The van der Waals surface area contributed by atoms with Crippen LogP contribution in [0.5, 0.6) is 0 Å². The van der Waals surface area contributed by atoms with Gasteiger partial charge in [0.2, 0.25) is 0 Å². The molecule has 1 atom stereocenters. The van der Waals surface area contributed by atoms with Crippen molar-refractivity contribution in [1.82, 2.24) is 5.32 Å². The third-order valence-corrected chi connectivity index (χ3v) is 4.51. The second-order valence-corrected chi connectivity index (χ2v) is 6.09. The van der Waals surface area contributed by atoms with Gasteiger partial charge in [0.25, 0.3) is 0 Å². The SMILES string of the molecule is CCCNC(c1ccccc1)c1cc(C)c(Cl)s1. The van der Waals surface area contributed by atoms with Crippen LogP contribution in [0.25, 0.3) is 0 Å². The second kappa shape index (κ2) is 6.37. The van der Waals surface area contributed by atoms with E-state index in [1.165, 1.54) is 10.4 Å². The van der Waals surface area contributed by atoms with Gasteiger partial charge in [0, 0.05) is 4.88 Å². The van der Waals surface area contributed by atoms with Crippen molar-refractivity contribution in [3.8, 4) is 0 Å². The van der Waals surface area contributed by atoms with Gasteiger partial charge < -0.3 is 5.32 Å². The Morgan fingerprint density at radius 1 is 1.28 bits per heavy atom. The minimum Gasteiger partial charge on any atom is -0.306 e. The van der Waals surface area contributed by atoms with Gasteiger partial charge in [-0.2, -0.15) is 0 Å². The quantitative estimate of drug-likeness (QED) is 0.829. The number of halogens is 1. The third-order valence-electron chi connectivity index (χ3n) is 2.89. The molecular formula is C15H18ClNS. The summed E-state index contributed by atoms with van der Waals surface area (Å²) in [6.45, 7) is 5.25. The molecule has 2 aromatic rings. The van der Waals surface area contributed by atoms with Gasteiger partial charge in [0.15, 0.2) is 0 Å². The summed E-state index contributed by atoms with van der Waals surface area (Å²) in [7, 11) is 0. The van der Waals surface area contributed by atoms with Crippen molar-refractivity contribution in [2.45, 2.75) is 26.3 Å². The highest BCUT2D eigenvalue weighted by molar-refractivity contribution is 7.16. The van der Waals surface area contributed by atoms with E-state index in [1.54, 1.807) is 11.3 Å². The molecule has 1 N–H and O–H groups in total. The Hall–Kier alpha value is -0.830. The average molecular weight is 280 g/mol. The van der Waals surface area contributed by atoms with Crippen LogP contribution < -0.4 is 5.32 Å². The van der Waals surface area contributed by atoms with Crippen LogP contribution in [0.2, 0.25) is 4.34 Å². The van der Waals surface area contributed by atoms with E-state index in [0.717, 1.165) is 22.9 Å². The Kier molecular flexibility index (Phi) is 4.81. The van der Waals surface area contributed by atoms with Crippen LogP contribution >= 0.6 is 22.9 Å². The first-order chi connectivity index (χ1) is 8.72. The molecule has 0 spiro atoms. The number of hydrogen-bond donors (Lipinski definition) is 1. The molecule has 1 aromatic carbocycles. The topological polar surface area (TPSA) is 12.0 Å². The molecule has 1 heterocycles. The van der Waals surface area contributed by atoms with E-state index in [1.807, 2.05) is 6.07 Å². The van der Waals surface area contributed by atoms with Gasteiger partial charge >= 0.3 is 0 Å². The fraction of sp³-hybridized carbons (Fsp3) is 0.333. The minimum atomic E-state index is 0.252. The number of thiophene rings is 1. The molecule has 0 fully saturated rings. The summed E-state index contributed by atoms with van der Waals surface area (Å²) in [5, 5.41) is 3.59. The fourth-order valence-corrected chi connectivity index (χ4v) is 3.26. The molecule has 2 rings (SSSR count). The highest BCUT2D eigenvalue weighted by Crippen LogP contribution is 2.34. The number of rotatable bonds is 5. The van der Waals surface area contributed by atoms with E-state index in [9.17, 15) is 0 Å². The first-order valence-electron chi connectivity index (χ1n) is 6.26. The molecule has 0 aliphatic carbocycles. The maximum atomic E-state index is 6.19. The standard InChI is InChI=1S/C15H18ClNS/c1-3-9-17-14(12-7-5-4-6-8-12)13-10-11(2)15(16)18-13/h4-8,10,14,17H,3,9H2,1-2H3. The molecule has 3 heteroatoms. The summed E-state index contributed by atoms with van der Waals surface area (Å²) in [6, 6.07) is 13.0. The molecule has 1 aromatic heterocycles. The summed E-state index contributed by atoms with van der Waals surface area (Å²) in [4.78, 5) is 1.29. The van der Waals surface area contributed by atoms with Gasteiger partial charge in [-0.15, -0.1) is 11.3 Å². The van der Waals surface area contributed by atoms with Gasteiger partial charge in [-0.25, -0.2) is 0 Å². The van der Waals surface area contributed by atoms with E-state index in [-0.39, 0.29) is 6.04 Å². The Morgan fingerprint density at radius 3 is 2.56 bits per heavy atom. The third kappa shape index (κ3) is 3.14. The molecule has 0 saturated heterocycles. The van der Waals surface area contributed by atoms with Crippen LogP contribution in [0.3, 0.4) is 0 Å². The van der Waals surface area contributed by atoms with Crippen LogP contribution in [0.15, 0.2) is 36.4 Å². The predicted octanol–water partition coefficient (Wildman–Crippen LogP) is 4.80.